The minimum Gasteiger partial charge on any atom is -0.492 e. The second kappa shape index (κ2) is 6.05. The van der Waals surface area contributed by atoms with E-state index >= 15 is 0 Å². The van der Waals surface area contributed by atoms with Crippen LogP contribution in [0.3, 0.4) is 0 Å². The van der Waals surface area contributed by atoms with Gasteiger partial charge in [0.2, 0.25) is 0 Å². The van der Waals surface area contributed by atoms with Crippen LogP contribution in [0.2, 0.25) is 0 Å². The Hall–Kier alpha value is -2.59. The van der Waals surface area contributed by atoms with Crippen molar-refractivity contribution in [1.82, 2.24) is 14.9 Å². The molecule has 0 aliphatic rings. The number of pyridine rings is 1. The highest BCUT2D eigenvalue weighted by molar-refractivity contribution is 6.14. The van der Waals surface area contributed by atoms with Gasteiger partial charge in [-0.05, 0) is 62.2 Å². The molecule has 0 aliphatic carbocycles. The van der Waals surface area contributed by atoms with Crippen LogP contribution in [0, 0.1) is 6.92 Å². The molecule has 0 amide bonds. The van der Waals surface area contributed by atoms with Crippen LogP contribution in [0.15, 0.2) is 42.7 Å². The van der Waals surface area contributed by atoms with Crippen molar-refractivity contribution in [2.24, 2.45) is 7.05 Å². The molecule has 0 saturated heterocycles. The second-order valence-corrected chi connectivity index (χ2v) is 6.73. The standard InChI is InChI=1S/C21H23N3O/c1-13(22-3)12-25-16-5-6-20-18(10-16)19-9-15-11-23-8-7-17(15)14(2)21(19)24(20)4/h5-11,13,22H,12H2,1-4H3/t13-/m0/s1. The third-order valence-corrected chi connectivity index (χ3v) is 5.11. The number of fused-ring (bicyclic) bond motifs is 4. The maximum absolute atomic E-state index is 5.96. The Morgan fingerprint density at radius 3 is 2.80 bits per heavy atom. The number of hydrogen-bond donors (Lipinski definition) is 1. The lowest BCUT2D eigenvalue weighted by atomic mass is 10.0. The minimum atomic E-state index is 0.320. The van der Waals surface area contributed by atoms with Gasteiger partial charge in [-0.25, -0.2) is 0 Å². The highest BCUT2D eigenvalue weighted by atomic mass is 16.5. The summed E-state index contributed by atoms with van der Waals surface area (Å²) in [5.41, 5.74) is 3.78. The van der Waals surface area contributed by atoms with Crippen LogP contribution in [-0.4, -0.2) is 29.2 Å². The second-order valence-electron chi connectivity index (χ2n) is 6.73. The largest absolute Gasteiger partial charge is 0.492 e. The zero-order valence-corrected chi connectivity index (χ0v) is 15.1. The van der Waals surface area contributed by atoms with Gasteiger partial charge in [0.15, 0.2) is 0 Å². The van der Waals surface area contributed by atoms with Gasteiger partial charge in [-0.3, -0.25) is 4.98 Å². The predicted molar refractivity (Wildman–Crippen MR) is 104 cm³/mol. The number of ether oxygens (including phenoxy) is 1. The van der Waals surface area contributed by atoms with Gasteiger partial charge in [-0.1, -0.05) is 0 Å². The quantitative estimate of drug-likeness (QED) is 0.609. The van der Waals surface area contributed by atoms with Crippen LogP contribution in [0.1, 0.15) is 12.5 Å². The van der Waals surface area contributed by atoms with E-state index in [1.807, 2.05) is 19.4 Å². The Kier molecular flexibility index (Phi) is 3.85. The van der Waals surface area contributed by atoms with Gasteiger partial charge in [-0.2, -0.15) is 0 Å². The van der Waals surface area contributed by atoms with E-state index in [1.165, 1.54) is 38.1 Å². The summed E-state index contributed by atoms with van der Waals surface area (Å²) in [5.74, 6) is 0.908. The summed E-state index contributed by atoms with van der Waals surface area (Å²) in [6.45, 7) is 4.95. The smallest absolute Gasteiger partial charge is 0.120 e. The van der Waals surface area contributed by atoms with Crippen molar-refractivity contribution in [3.05, 3.63) is 48.3 Å². The number of nitrogens with zero attached hydrogens (tertiary/aromatic N) is 2. The Labute approximate surface area is 147 Å². The first-order chi connectivity index (χ1) is 12.1. The molecule has 25 heavy (non-hydrogen) atoms. The Morgan fingerprint density at radius 2 is 2.00 bits per heavy atom. The first-order valence-electron chi connectivity index (χ1n) is 8.65. The number of benzene rings is 2. The molecule has 128 valence electrons. The summed E-state index contributed by atoms with van der Waals surface area (Å²) >= 11 is 0. The summed E-state index contributed by atoms with van der Waals surface area (Å²) in [5, 5.41) is 8.11. The highest BCUT2D eigenvalue weighted by Gasteiger charge is 2.14. The van der Waals surface area contributed by atoms with Crippen LogP contribution < -0.4 is 10.1 Å². The van der Waals surface area contributed by atoms with E-state index < -0.39 is 0 Å². The van der Waals surface area contributed by atoms with Crippen molar-refractivity contribution in [3.8, 4) is 5.75 Å². The van der Waals surface area contributed by atoms with E-state index in [1.54, 1.807) is 0 Å². The van der Waals surface area contributed by atoms with E-state index in [-0.39, 0.29) is 0 Å². The minimum absolute atomic E-state index is 0.320. The number of nitrogens with one attached hydrogen (secondary N) is 1. The molecule has 4 heteroatoms. The lowest BCUT2D eigenvalue weighted by molar-refractivity contribution is 0.280. The lowest BCUT2D eigenvalue weighted by Gasteiger charge is -2.12. The Morgan fingerprint density at radius 1 is 1.16 bits per heavy atom. The monoisotopic (exact) mass is 333 g/mol. The maximum Gasteiger partial charge on any atom is 0.120 e. The number of hydrogen-bond acceptors (Lipinski definition) is 3. The summed E-state index contributed by atoms with van der Waals surface area (Å²) in [4.78, 5) is 4.29. The molecule has 2 aromatic carbocycles. The topological polar surface area (TPSA) is 39.1 Å². The molecule has 4 aromatic rings. The molecule has 0 spiro atoms. The van der Waals surface area contributed by atoms with Gasteiger partial charge >= 0.3 is 0 Å². The number of aryl methyl sites for hydroxylation is 2. The molecule has 2 aromatic heterocycles. The lowest BCUT2D eigenvalue weighted by Crippen LogP contribution is -2.28. The summed E-state index contributed by atoms with van der Waals surface area (Å²) < 4.78 is 8.24. The van der Waals surface area contributed by atoms with Crippen LogP contribution in [-0.2, 0) is 7.05 Å². The van der Waals surface area contributed by atoms with Crippen molar-refractivity contribution >= 4 is 32.6 Å². The molecule has 1 N–H and O–H groups in total. The summed E-state index contributed by atoms with van der Waals surface area (Å²) in [6, 6.07) is 11.0. The molecule has 0 aliphatic heterocycles. The van der Waals surface area contributed by atoms with Crippen LogP contribution >= 0.6 is 0 Å². The van der Waals surface area contributed by atoms with E-state index in [0.717, 1.165) is 5.75 Å². The predicted octanol–water partition coefficient (Wildman–Crippen LogP) is 4.17. The normalized spacial score (nSPS) is 13.0. The van der Waals surface area contributed by atoms with E-state index in [2.05, 4.69) is 66.1 Å². The molecule has 4 nitrogen and oxygen atoms in total. The SMILES string of the molecule is CN[C@@H](C)COc1ccc2c(c1)c1cc3cnccc3c(C)c1n2C. The zero-order valence-electron chi connectivity index (χ0n) is 15.1. The fourth-order valence-corrected chi connectivity index (χ4v) is 3.59. The average molecular weight is 333 g/mol. The van der Waals surface area contributed by atoms with Gasteiger partial charge in [0.25, 0.3) is 0 Å². The molecule has 0 bridgehead atoms. The molecule has 0 radical (unpaired) electrons. The van der Waals surface area contributed by atoms with E-state index in [9.17, 15) is 0 Å². The molecule has 1 atom stereocenters. The summed E-state index contributed by atoms with van der Waals surface area (Å²) in [7, 11) is 4.08. The molecule has 4 rings (SSSR count). The van der Waals surface area contributed by atoms with Gasteiger partial charge in [0, 0.05) is 47.2 Å². The van der Waals surface area contributed by atoms with Crippen molar-refractivity contribution in [2.45, 2.75) is 19.9 Å². The van der Waals surface area contributed by atoms with Crippen LogP contribution in [0.5, 0.6) is 5.75 Å². The molecule has 2 heterocycles. The van der Waals surface area contributed by atoms with Crippen molar-refractivity contribution in [1.29, 1.82) is 0 Å². The Bertz CT molecular complexity index is 1080. The van der Waals surface area contributed by atoms with Crippen LogP contribution in [0.25, 0.3) is 32.6 Å². The first-order valence-corrected chi connectivity index (χ1v) is 8.65. The first kappa shape index (κ1) is 15.9. The number of rotatable bonds is 4. The number of aromatic nitrogens is 2. The molecular formula is C21H23N3O. The summed E-state index contributed by atoms with van der Waals surface area (Å²) in [6.07, 6.45) is 3.80. The fourth-order valence-electron chi connectivity index (χ4n) is 3.59. The van der Waals surface area contributed by atoms with Gasteiger partial charge in [0.1, 0.15) is 12.4 Å². The molecular weight excluding hydrogens is 310 g/mol. The maximum atomic E-state index is 5.96. The number of likely N-dealkylation sites (N-methyl/N-ethyl adjacent to an activating group) is 1. The molecule has 0 fully saturated rings. The van der Waals surface area contributed by atoms with Gasteiger partial charge in [-0.15, -0.1) is 0 Å². The van der Waals surface area contributed by atoms with Crippen molar-refractivity contribution in [2.75, 3.05) is 13.7 Å². The highest BCUT2D eigenvalue weighted by Crippen LogP contribution is 2.36. The zero-order chi connectivity index (χ0) is 17.6. The van der Waals surface area contributed by atoms with E-state index in [0.29, 0.717) is 12.6 Å². The van der Waals surface area contributed by atoms with Crippen LogP contribution in [0.4, 0.5) is 0 Å². The molecule has 0 unspecified atom stereocenters. The van der Waals surface area contributed by atoms with Gasteiger partial charge < -0.3 is 14.6 Å². The van der Waals surface area contributed by atoms with Crippen molar-refractivity contribution < 1.29 is 4.74 Å². The average Bonchev–Trinajstić information content (AvgIpc) is 2.92. The third kappa shape index (κ3) is 2.53. The third-order valence-electron chi connectivity index (χ3n) is 5.11. The van der Waals surface area contributed by atoms with Crippen molar-refractivity contribution in [3.63, 3.8) is 0 Å². The Balaban J connectivity index is 1.94. The molecule has 0 saturated carbocycles. The van der Waals surface area contributed by atoms with E-state index in [4.69, 9.17) is 4.74 Å². The van der Waals surface area contributed by atoms with Gasteiger partial charge in [0.05, 0.1) is 5.52 Å². The fraction of sp³-hybridized carbons (Fsp3) is 0.286.